The summed E-state index contributed by atoms with van der Waals surface area (Å²) >= 11 is 11.3. The summed E-state index contributed by atoms with van der Waals surface area (Å²) in [5.41, 5.74) is 4.57. The highest BCUT2D eigenvalue weighted by Gasteiger charge is 2.17. The van der Waals surface area contributed by atoms with Crippen molar-refractivity contribution in [1.29, 1.82) is 0 Å². The van der Waals surface area contributed by atoms with E-state index in [9.17, 15) is 9.90 Å². The van der Waals surface area contributed by atoms with Crippen LogP contribution in [0.15, 0.2) is 84.6 Å². The maximum atomic E-state index is 12.4. The van der Waals surface area contributed by atoms with Crippen molar-refractivity contribution in [2.75, 3.05) is 5.75 Å². The summed E-state index contributed by atoms with van der Waals surface area (Å²) in [4.78, 5) is 16.6. The molecule has 1 amide bonds. The highest BCUT2D eigenvalue weighted by atomic mass is 79.9. The van der Waals surface area contributed by atoms with Gasteiger partial charge in [0.25, 0.3) is 5.91 Å². The molecule has 172 valence electrons. The van der Waals surface area contributed by atoms with Crippen LogP contribution in [-0.4, -0.2) is 42.7 Å². The Hall–Kier alpha value is -2.54. The van der Waals surface area contributed by atoms with Crippen molar-refractivity contribution in [1.82, 2.24) is 25.2 Å². The smallest absolute Gasteiger partial charge is 0.250 e. The second kappa shape index (κ2) is 11.3. The van der Waals surface area contributed by atoms with Gasteiger partial charge in [-0.05, 0) is 64.5 Å². The zero-order valence-corrected chi connectivity index (χ0v) is 22.8. The molecule has 0 radical (unpaired) electrons. The second-order valence-electron chi connectivity index (χ2n) is 6.77. The molecule has 8 nitrogen and oxygen atoms in total. The molecule has 4 rings (SSSR count). The van der Waals surface area contributed by atoms with Crippen LogP contribution in [0.25, 0.3) is 17.1 Å². The van der Waals surface area contributed by atoms with Crippen molar-refractivity contribution in [3.63, 3.8) is 0 Å². The molecule has 0 aliphatic heterocycles. The molecule has 0 spiro atoms. The fourth-order valence-electron chi connectivity index (χ4n) is 2.89. The van der Waals surface area contributed by atoms with Crippen LogP contribution in [0.3, 0.4) is 0 Å². The third kappa shape index (κ3) is 5.93. The maximum Gasteiger partial charge on any atom is 0.250 e. The van der Waals surface area contributed by atoms with Crippen molar-refractivity contribution >= 4 is 71.7 Å². The zero-order valence-electron chi connectivity index (χ0n) is 17.2. The molecule has 2 N–H and O–H groups in total. The molecule has 0 aliphatic rings. The van der Waals surface area contributed by atoms with E-state index in [0.717, 1.165) is 20.2 Å². The van der Waals surface area contributed by atoms with E-state index in [-0.39, 0.29) is 17.4 Å². The first-order valence-electron chi connectivity index (χ1n) is 9.67. The third-order valence-electron chi connectivity index (χ3n) is 4.42. The largest absolute Gasteiger partial charge is 0.506 e. The summed E-state index contributed by atoms with van der Waals surface area (Å²) in [5.74, 6) is 0.379. The van der Waals surface area contributed by atoms with Crippen molar-refractivity contribution in [3.8, 4) is 22.8 Å². The molecule has 0 unspecified atom stereocenters. The average molecular weight is 667 g/mol. The van der Waals surface area contributed by atoms with Crippen LogP contribution in [0.1, 0.15) is 5.56 Å². The van der Waals surface area contributed by atoms with Gasteiger partial charge in [-0.3, -0.25) is 14.3 Å². The Morgan fingerprint density at radius 2 is 1.91 bits per heavy atom. The van der Waals surface area contributed by atoms with Crippen molar-refractivity contribution in [3.05, 3.63) is 79.9 Å². The molecule has 2 aromatic carbocycles. The van der Waals surface area contributed by atoms with Crippen molar-refractivity contribution in [2.45, 2.75) is 5.16 Å². The molecular formula is C22H15Br3N6O2S. The van der Waals surface area contributed by atoms with Crippen LogP contribution in [0.5, 0.6) is 5.75 Å². The lowest BCUT2D eigenvalue weighted by atomic mass is 10.2. The first-order valence-corrected chi connectivity index (χ1v) is 13.0. The van der Waals surface area contributed by atoms with E-state index < -0.39 is 0 Å². The van der Waals surface area contributed by atoms with E-state index in [1.165, 1.54) is 18.0 Å². The van der Waals surface area contributed by atoms with Gasteiger partial charge in [0.1, 0.15) is 5.75 Å². The molecule has 12 heteroatoms. The fourth-order valence-corrected chi connectivity index (χ4v) is 5.16. The number of phenolic OH excluding ortho intramolecular Hbond substituents is 1. The molecule has 4 aromatic rings. The van der Waals surface area contributed by atoms with Gasteiger partial charge in [-0.15, -0.1) is 10.2 Å². The standard InChI is InChI=1S/C22H15Br3N6O2S/c23-15-3-5-17(6-4-15)31-21(13-2-1-7-26-10-13)29-30-22(31)34-12-19(32)28-27-11-14-8-16(24)9-18(25)20(14)33/h1-11,33H,12H2,(H,28,32)/b27-11+. The van der Waals surface area contributed by atoms with E-state index in [1.54, 1.807) is 24.5 Å². The Kier molecular flexibility index (Phi) is 8.14. The summed E-state index contributed by atoms with van der Waals surface area (Å²) in [7, 11) is 0. The molecular weight excluding hydrogens is 652 g/mol. The van der Waals surface area contributed by atoms with E-state index in [2.05, 4.69) is 73.5 Å². The van der Waals surface area contributed by atoms with Gasteiger partial charge in [0.05, 0.1) is 16.4 Å². The molecule has 0 saturated heterocycles. The normalized spacial score (nSPS) is 11.1. The number of carbonyl (C=O) groups excluding carboxylic acids is 1. The molecule has 0 aliphatic carbocycles. The van der Waals surface area contributed by atoms with E-state index in [4.69, 9.17) is 0 Å². The minimum atomic E-state index is -0.330. The van der Waals surface area contributed by atoms with Gasteiger partial charge >= 0.3 is 0 Å². The minimum Gasteiger partial charge on any atom is -0.506 e. The van der Waals surface area contributed by atoms with Gasteiger partial charge in [0.15, 0.2) is 11.0 Å². The first kappa shape index (κ1) is 24.6. The van der Waals surface area contributed by atoms with Gasteiger partial charge in [-0.1, -0.05) is 43.6 Å². The van der Waals surface area contributed by atoms with Gasteiger partial charge in [0.2, 0.25) is 0 Å². The highest BCUT2D eigenvalue weighted by molar-refractivity contribution is 9.11. The van der Waals surface area contributed by atoms with Gasteiger partial charge in [-0.25, -0.2) is 5.43 Å². The van der Waals surface area contributed by atoms with Crippen molar-refractivity contribution < 1.29 is 9.90 Å². The Morgan fingerprint density at radius 3 is 2.65 bits per heavy atom. The van der Waals surface area contributed by atoms with Crippen LogP contribution in [-0.2, 0) is 4.79 Å². The number of hydrazone groups is 1. The Bertz CT molecular complexity index is 1350. The zero-order chi connectivity index (χ0) is 24.1. The van der Waals surface area contributed by atoms with E-state index in [0.29, 0.717) is 21.0 Å². The number of nitrogens with one attached hydrogen (secondary N) is 1. The van der Waals surface area contributed by atoms with Crippen LogP contribution < -0.4 is 5.43 Å². The number of hydrogen-bond acceptors (Lipinski definition) is 7. The lowest BCUT2D eigenvalue weighted by molar-refractivity contribution is -0.118. The number of phenols is 1. The van der Waals surface area contributed by atoms with Crippen LogP contribution in [0, 0.1) is 0 Å². The summed E-state index contributed by atoms with van der Waals surface area (Å²) in [6.45, 7) is 0. The number of pyridine rings is 1. The van der Waals surface area contributed by atoms with Crippen LogP contribution >= 0.6 is 59.6 Å². The van der Waals surface area contributed by atoms with E-state index in [1.807, 2.05) is 41.0 Å². The average Bonchev–Trinajstić information content (AvgIpc) is 3.26. The molecule has 2 heterocycles. The number of halogens is 3. The molecule has 0 fully saturated rings. The number of aromatic nitrogens is 4. The number of amides is 1. The number of carbonyl (C=O) groups is 1. The number of benzene rings is 2. The third-order valence-corrected chi connectivity index (χ3v) is 6.94. The first-order chi connectivity index (χ1) is 16.4. The van der Waals surface area contributed by atoms with Gasteiger partial charge in [-0.2, -0.15) is 5.10 Å². The maximum absolute atomic E-state index is 12.4. The van der Waals surface area contributed by atoms with Crippen LogP contribution in [0.4, 0.5) is 0 Å². The van der Waals surface area contributed by atoms with Gasteiger partial charge in [0, 0.05) is 38.2 Å². The molecule has 2 aromatic heterocycles. The Morgan fingerprint density at radius 1 is 1.12 bits per heavy atom. The predicted molar refractivity (Wildman–Crippen MR) is 142 cm³/mol. The van der Waals surface area contributed by atoms with Crippen LogP contribution in [0.2, 0.25) is 0 Å². The monoisotopic (exact) mass is 664 g/mol. The summed E-state index contributed by atoms with van der Waals surface area (Å²) < 4.78 is 4.10. The summed E-state index contributed by atoms with van der Waals surface area (Å²) in [5, 5.41) is 23.2. The SMILES string of the molecule is O=C(CSc1nnc(-c2cccnc2)n1-c1ccc(Br)cc1)N/N=C/c1cc(Br)cc(Br)c1O. The molecule has 0 saturated carbocycles. The summed E-state index contributed by atoms with van der Waals surface area (Å²) in [6.07, 6.45) is 4.78. The lowest BCUT2D eigenvalue weighted by Crippen LogP contribution is -2.20. The topological polar surface area (TPSA) is 105 Å². The quantitative estimate of drug-likeness (QED) is 0.152. The fraction of sp³-hybridized carbons (Fsp3) is 0.0455. The number of hydrogen-bond donors (Lipinski definition) is 2. The molecule has 34 heavy (non-hydrogen) atoms. The summed E-state index contributed by atoms with van der Waals surface area (Å²) in [6, 6.07) is 14.8. The number of thioether (sulfide) groups is 1. The lowest BCUT2D eigenvalue weighted by Gasteiger charge is -2.10. The molecule has 0 bridgehead atoms. The Labute approximate surface area is 224 Å². The second-order valence-corrected chi connectivity index (χ2v) is 10.4. The predicted octanol–water partition coefficient (Wildman–Crippen LogP) is 5.56. The number of rotatable bonds is 7. The van der Waals surface area contributed by atoms with Gasteiger partial charge < -0.3 is 5.11 Å². The van der Waals surface area contributed by atoms with Crippen molar-refractivity contribution in [2.24, 2.45) is 5.10 Å². The minimum absolute atomic E-state index is 0.0288. The molecule has 0 atom stereocenters. The number of nitrogens with zero attached hydrogens (tertiary/aromatic N) is 5. The van der Waals surface area contributed by atoms with E-state index >= 15 is 0 Å². The highest BCUT2D eigenvalue weighted by Crippen LogP contribution is 2.31. The number of aromatic hydroxyl groups is 1. The Balaban J connectivity index is 1.50.